The molecule has 0 bridgehead atoms. The molecule has 0 aliphatic carbocycles. The largest absolute Gasteiger partial charge is 0.508 e. The van der Waals surface area contributed by atoms with Gasteiger partial charge in [-0.05, 0) is 23.1 Å². The molecule has 60 valence electrons. The van der Waals surface area contributed by atoms with Gasteiger partial charge in [0.25, 0.3) is 0 Å². The van der Waals surface area contributed by atoms with Crippen LogP contribution in [0.2, 0.25) is 0 Å². The lowest BCUT2D eigenvalue weighted by Gasteiger charge is -2.18. The molecule has 1 N–H and O–H groups in total. The fourth-order valence-electron chi connectivity index (χ4n) is 0.711. The van der Waals surface area contributed by atoms with Crippen molar-refractivity contribution >= 4 is 0 Å². The second-order valence-electron chi connectivity index (χ2n) is 2.30. The molecule has 1 rings (SSSR count). The molecule has 0 fully saturated rings. The SMILES string of the molecule is [2H]C([2H])([2H])C(c1ccc(O)cc1)(C([2H])([2H])[2H])C([2H])([2H])[2H]. The van der Waals surface area contributed by atoms with E-state index in [1.54, 1.807) is 0 Å². The lowest BCUT2D eigenvalue weighted by molar-refractivity contribution is 0.474. The Balaban J connectivity index is 3.77. The topological polar surface area (TPSA) is 20.2 Å². The van der Waals surface area contributed by atoms with Crippen LogP contribution in [-0.2, 0) is 5.41 Å². The molecule has 0 spiro atoms. The van der Waals surface area contributed by atoms with Crippen LogP contribution >= 0.6 is 0 Å². The first kappa shape index (κ1) is 2.25. The molecule has 0 saturated carbocycles. The molecular formula is C10H14O. The highest BCUT2D eigenvalue weighted by Gasteiger charge is 2.12. The molecule has 0 heterocycles. The van der Waals surface area contributed by atoms with Gasteiger partial charge in [0.1, 0.15) is 5.75 Å². The molecule has 0 radical (unpaired) electrons. The summed E-state index contributed by atoms with van der Waals surface area (Å²) in [5, 5.41) is 9.21. The van der Waals surface area contributed by atoms with Crippen LogP contribution in [0.4, 0.5) is 0 Å². The minimum atomic E-state index is -3.28. The fraction of sp³-hybridized carbons (Fsp3) is 0.400. The molecule has 1 aromatic carbocycles. The van der Waals surface area contributed by atoms with E-state index in [0.29, 0.717) is 0 Å². The molecule has 0 saturated heterocycles. The Kier molecular flexibility index (Phi) is 0.527. The molecule has 0 aliphatic rings. The van der Waals surface area contributed by atoms with E-state index >= 15 is 0 Å². The Morgan fingerprint density at radius 3 is 2.18 bits per heavy atom. The minimum absolute atomic E-state index is 0.218. The van der Waals surface area contributed by atoms with Crippen molar-refractivity contribution in [3.05, 3.63) is 29.8 Å². The highest BCUT2D eigenvalue weighted by Crippen LogP contribution is 2.23. The van der Waals surface area contributed by atoms with Gasteiger partial charge in [-0.15, -0.1) is 0 Å². The summed E-state index contributed by atoms with van der Waals surface area (Å²) in [7, 11) is 0. The lowest BCUT2D eigenvalue weighted by Crippen LogP contribution is -2.10. The van der Waals surface area contributed by atoms with E-state index in [4.69, 9.17) is 12.3 Å². The number of rotatable bonds is 0. The van der Waals surface area contributed by atoms with Crippen molar-refractivity contribution in [2.24, 2.45) is 0 Å². The van der Waals surface area contributed by atoms with E-state index in [9.17, 15) is 5.11 Å². The Morgan fingerprint density at radius 1 is 1.18 bits per heavy atom. The molecule has 0 amide bonds. The number of phenols is 1. The lowest BCUT2D eigenvalue weighted by atomic mass is 9.87. The van der Waals surface area contributed by atoms with Gasteiger partial charge < -0.3 is 5.11 Å². The maximum Gasteiger partial charge on any atom is 0.115 e. The zero-order chi connectivity index (χ0) is 16.0. The Hall–Kier alpha value is -0.980. The smallest absolute Gasteiger partial charge is 0.115 e. The van der Waals surface area contributed by atoms with Gasteiger partial charge in [0.05, 0.1) is 0 Å². The van der Waals surface area contributed by atoms with E-state index in [1.165, 1.54) is 0 Å². The van der Waals surface area contributed by atoms with Crippen molar-refractivity contribution in [1.82, 2.24) is 0 Å². The first-order valence-electron chi connectivity index (χ1n) is 7.54. The van der Waals surface area contributed by atoms with Crippen LogP contribution in [-0.4, -0.2) is 5.11 Å². The molecule has 1 aromatic rings. The maximum absolute atomic E-state index is 9.21. The summed E-state index contributed by atoms with van der Waals surface area (Å²) in [5.74, 6) is -0.218. The summed E-state index contributed by atoms with van der Waals surface area (Å²) < 4.78 is 67.4. The summed E-state index contributed by atoms with van der Waals surface area (Å²) in [4.78, 5) is 0. The van der Waals surface area contributed by atoms with Gasteiger partial charge in [0.15, 0.2) is 0 Å². The van der Waals surface area contributed by atoms with Crippen LogP contribution in [0.15, 0.2) is 24.3 Å². The van der Waals surface area contributed by atoms with E-state index in [2.05, 4.69) is 0 Å². The zero-order valence-electron chi connectivity index (χ0n) is 14.8. The van der Waals surface area contributed by atoms with E-state index in [-0.39, 0.29) is 11.3 Å². The predicted molar refractivity (Wildman–Crippen MR) is 46.8 cm³/mol. The number of aromatic hydroxyl groups is 1. The summed E-state index contributed by atoms with van der Waals surface area (Å²) >= 11 is 0. The molecule has 0 aliphatic heterocycles. The minimum Gasteiger partial charge on any atom is -0.508 e. The molecule has 11 heavy (non-hydrogen) atoms. The van der Waals surface area contributed by atoms with Crippen LogP contribution < -0.4 is 0 Å². The molecular weight excluding hydrogens is 136 g/mol. The van der Waals surface area contributed by atoms with Crippen molar-refractivity contribution in [3.8, 4) is 5.75 Å². The first-order chi connectivity index (χ1) is 8.75. The Labute approximate surface area is 80.3 Å². The highest BCUT2D eigenvalue weighted by atomic mass is 16.3. The van der Waals surface area contributed by atoms with Crippen molar-refractivity contribution in [2.45, 2.75) is 26.0 Å². The van der Waals surface area contributed by atoms with Crippen LogP contribution in [0.1, 0.15) is 38.5 Å². The third kappa shape index (κ3) is 1.97. The van der Waals surface area contributed by atoms with Crippen LogP contribution in [0.3, 0.4) is 0 Å². The standard InChI is InChI=1S/C10H14O/c1-10(2,3)8-4-6-9(11)7-5-8/h4-7,11H,1-3H3/i1D3,2D3,3D3. The number of phenolic OH excluding ortho intramolecular Hbond substituents is 1. The second-order valence-corrected chi connectivity index (χ2v) is 2.30. The fourth-order valence-corrected chi connectivity index (χ4v) is 0.711. The van der Waals surface area contributed by atoms with Crippen molar-refractivity contribution in [1.29, 1.82) is 0 Å². The van der Waals surface area contributed by atoms with Gasteiger partial charge in [-0.25, -0.2) is 0 Å². The van der Waals surface area contributed by atoms with Gasteiger partial charge in [0.2, 0.25) is 0 Å². The average Bonchev–Trinajstić information content (AvgIpc) is 2.14. The van der Waals surface area contributed by atoms with E-state index in [1.807, 2.05) is 0 Å². The van der Waals surface area contributed by atoms with Gasteiger partial charge in [0, 0.05) is 12.3 Å². The third-order valence-electron chi connectivity index (χ3n) is 1.30. The molecule has 1 nitrogen and oxygen atoms in total. The quantitative estimate of drug-likeness (QED) is 0.617. The normalized spacial score (nSPS) is 27.1. The number of hydrogen-bond donors (Lipinski definition) is 1. The van der Waals surface area contributed by atoms with Gasteiger partial charge >= 0.3 is 0 Å². The van der Waals surface area contributed by atoms with E-state index in [0.717, 1.165) is 24.3 Å². The molecule has 0 atom stereocenters. The van der Waals surface area contributed by atoms with Crippen molar-refractivity contribution in [3.63, 3.8) is 0 Å². The molecule has 0 unspecified atom stereocenters. The Morgan fingerprint density at radius 2 is 1.73 bits per heavy atom. The zero-order valence-corrected chi connectivity index (χ0v) is 5.76. The monoisotopic (exact) mass is 159 g/mol. The van der Waals surface area contributed by atoms with Crippen molar-refractivity contribution < 1.29 is 17.4 Å². The van der Waals surface area contributed by atoms with Gasteiger partial charge in [-0.1, -0.05) is 32.7 Å². The Bertz CT molecular complexity index is 429. The van der Waals surface area contributed by atoms with Crippen molar-refractivity contribution in [2.75, 3.05) is 0 Å². The number of hydrogen-bond acceptors (Lipinski definition) is 1. The summed E-state index contributed by atoms with van der Waals surface area (Å²) in [6, 6.07) is 4.15. The molecule has 1 heteroatoms. The van der Waals surface area contributed by atoms with Crippen LogP contribution in [0, 0.1) is 0 Å². The van der Waals surface area contributed by atoms with E-state index < -0.39 is 26.0 Å². The maximum atomic E-state index is 9.21. The van der Waals surface area contributed by atoms with Gasteiger partial charge in [-0.2, -0.15) is 0 Å². The summed E-state index contributed by atoms with van der Waals surface area (Å²) in [5.41, 5.74) is -3.39. The first-order valence-corrected chi connectivity index (χ1v) is 3.04. The van der Waals surface area contributed by atoms with Crippen LogP contribution in [0.25, 0.3) is 0 Å². The second kappa shape index (κ2) is 2.57. The third-order valence-corrected chi connectivity index (χ3v) is 1.30. The molecule has 0 aromatic heterocycles. The van der Waals surface area contributed by atoms with Crippen LogP contribution in [0.5, 0.6) is 5.75 Å². The van der Waals surface area contributed by atoms with Gasteiger partial charge in [-0.3, -0.25) is 0 Å². The summed E-state index contributed by atoms with van der Waals surface area (Å²) in [6.07, 6.45) is 0. The summed E-state index contributed by atoms with van der Waals surface area (Å²) in [6.45, 7) is -9.83. The average molecular weight is 159 g/mol. The number of benzene rings is 1. The highest BCUT2D eigenvalue weighted by molar-refractivity contribution is 5.29. The predicted octanol–water partition coefficient (Wildman–Crippen LogP) is 2.69.